The first-order chi connectivity index (χ1) is 12.5. The molecular weight excluding hydrogens is 358 g/mol. The van der Waals surface area contributed by atoms with E-state index < -0.39 is 0 Å². The zero-order valence-corrected chi connectivity index (χ0v) is 16.0. The summed E-state index contributed by atoms with van der Waals surface area (Å²) in [6.45, 7) is 4.78. The lowest BCUT2D eigenvalue weighted by molar-refractivity contribution is -0.116. The Morgan fingerprint density at radius 1 is 1.35 bits per heavy atom. The molecule has 0 saturated heterocycles. The van der Waals surface area contributed by atoms with E-state index in [1.807, 2.05) is 13.8 Å². The molecule has 0 bridgehead atoms. The highest BCUT2D eigenvalue weighted by Crippen LogP contribution is 2.33. The molecule has 2 aromatic rings. The summed E-state index contributed by atoms with van der Waals surface area (Å²) in [5.41, 5.74) is 0.540. The smallest absolute Gasteiger partial charge is 0.226 e. The topological polar surface area (TPSA) is 86.5 Å². The van der Waals surface area contributed by atoms with Crippen molar-refractivity contribution in [3.05, 3.63) is 34.9 Å². The number of methoxy groups -OCH3 is 1. The Bertz CT molecular complexity index is 718. The number of hydrogen-bond acceptors (Lipinski definition) is 6. The van der Waals surface area contributed by atoms with Gasteiger partial charge in [-0.3, -0.25) is 4.79 Å². The SMILES string of the molecule is COCCOc1c(Cl)cccc1NC(=O)CCCc1nc(C(C)C)no1. The van der Waals surface area contributed by atoms with Crippen molar-refractivity contribution in [2.45, 2.75) is 39.0 Å². The molecule has 8 heteroatoms. The number of anilines is 1. The number of para-hydroxylation sites is 1. The third kappa shape index (κ3) is 6.00. The number of ether oxygens (including phenoxy) is 2. The fourth-order valence-corrected chi connectivity index (χ4v) is 2.43. The standard InChI is InChI=1S/C18H24ClN3O4/c1-12(2)18-21-16(26-22-18)9-5-8-15(23)20-14-7-4-6-13(19)17(14)25-11-10-24-3/h4,6-7,12H,5,8-11H2,1-3H3,(H,20,23). The second-order valence-electron chi connectivity index (χ2n) is 6.06. The molecule has 1 N–H and O–H groups in total. The van der Waals surface area contributed by atoms with Crippen LogP contribution in [0.5, 0.6) is 5.75 Å². The molecule has 1 aromatic carbocycles. The number of benzene rings is 1. The lowest BCUT2D eigenvalue weighted by Crippen LogP contribution is -2.14. The molecule has 0 atom stereocenters. The number of nitrogens with zero attached hydrogens (tertiary/aromatic N) is 2. The molecule has 0 aliphatic heterocycles. The number of halogens is 1. The van der Waals surface area contributed by atoms with Crippen molar-refractivity contribution in [3.8, 4) is 5.75 Å². The van der Waals surface area contributed by atoms with Crippen LogP contribution in [0, 0.1) is 0 Å². The Labute approximate surface area is 158 Å². The van der Waals surface area contributed by atoms with E-state index in [2.05, 4.69) is 15.5 Å². The number of hydrogen-bond donors (Lipinski definition) is 1. The first-order valence-corrected chi connectivity index (χ1v) is 8.91. The molecule has 0 spiro atoms. The summed E-state index contributed by atoms with van der Waals surface area (Å²) in [6, 6.07) is 5.22. The Morgan fingerprint density at radius 2 is 2.15 bits per heavy atom. The number of amides is 1. The van der Waals surface area contributed by atoms with Crippen LogP contribution in [0.2, 0.25) is 5.02 Å². The monoisotopic (exact) mass is 381 g/mol. The molecule has 0 unspecified atom stereocenters. The van der Waals surface area contributed by atoms with Gasteiger partial charge >= 0.3 is 0 Å². The molecule has 2 rings (SSSR count). The minimum atomic E-state index is -0.132. The Balaban J connectivity index is 1.86. The number of rotatable bonds is 10. The Morgan fingerprint density at radius 3 is 2.85 bits per heavy atom. The molecular formula is C18H24ClN3O4. The van der Waals surface area contributed by atoms with Crippen LogP contribution in [0.4, 0.5) is 5.69 Å². The average Bonchev–Trinajstić information content (AvgIpc) is 3.06. The van der Waals surface area contributed by atoms with Gasteiger partial charge in [-0.25, -0.2) is 0 Å². The van der Waals surface area contributed by atoms with Crippen LogP contribution >= 0.6 is 11.6 Å². The van der Waals surface area contributed by atoms with E-state index >= 15 is 0 Å². The van der Waals surface area contributed by atoms with Gasteiger partial charge in [-0.15, -0.1) is 0 Å². The van der Waals surface area contributed by atoms with Gasteiger partial charge in [0.15, 0.2) is 11.6 Å². The number of nitrogens with one attached hydrogen (secondary N) is 1. The molecule has 0 saturated carbocycles. The highest BCUT2D eigenvalue weighted by atomic mass is 35.5. The van der Waals surface area contributed by atoms with E-state index in [0.29, 0.717) is 60.7 Å². The summed E-state index contributed by atoms with van der Waals surface area (Å²) in [7, 11) is 1.59. The summed E-state index contributed by atoms with van der Waals surface area (Å²) >= 11 is 6.16. The second kappa shape index (κ2) is 10.1. The van der Waals surface area contributed by atoms with Crippen LogP contribution < -0.4 is 10.1 Å². The Kier molecular flexibility index (Phi) is 7.87. The predicted octanol–water partition coefficient (Wildman–Crippen LogP) is 3.83. The van der Waals surface area contributed by atoms with Crippen LogP contribution in [0.25, 0.3) is 0 Å². The largest absolute Gasteiger partial charge is 0.487 e. The third-order valence-corrected chi connectivity index (χ3v) is 3.87. The molecule has 142 valence electrons. The van der Waals surface area contributed by atoms with E-state index in [4.69, 9.17) is 25.6 Å². The van der Waals surface area contributed by atoms with E-state index in [0.717, 1.165) is 0 Å². The van der Waals surface area contributed by atoms with Crippen molar-refractivity contribution in [3.63, 3.8) is 0 Å². The van der Waals surface area contributed by atoms with Crippen LogP contribution in [0.3, 0.4) is 0 Å². The highest BCUT2D eigenvalue weighted by molar-refractivity contribution is 6.32. The van der Waals surface area contributed by atoms with Crippen molar-refractivity contribution in [2.24, 2.45) is 0 Å². The van der Waals surface area contributed by atoms with Crippen molar-refractivity contribution in [1.29, 1.82) is 0 Å². The fraction of sp³-hybridized carbons (Fsp3) is 0.500. The van der Waals surface area contributed by atoms with Gasteiger partial charge in [-0.2, -0.15) is 4.98 Å². The molecule has 0 aliphatic rings. The summed E-state index contributed by atoms with van der Waals surface area (Å²) in [5, 5.41) is 7.18. The zero-order valence-electron chi connectivity index (χ0n) is 15.3. The van der Waals surface area contributed by atoms with Crippen LogP contribution in [0.1, 0.15) is 44.3 Å². The minimum Gasteiger partial charge on any atom is -0.487 e. The quantitative estimate of drug-likeness (QED) is 0.629. The molecule has 1 heterocycles. The molecule has 1 amide bonds. The summed E-state index contributed by atoms with van der Waals surface area (Å²) in [4.78, 5) is 16.5. The van der Waals surface area contributed by atoms with E-state index in [1.54, 1.807) is 25.3 Å². The molecule has 7 nitrogen and oxygen atoms in total. The molecule has 26 heavy (non-hydrogen) atoms. The van der Waals surface area contributed by atoms with Crippen molar-refractivity contribution < 1.29 is 18.8 Å². The van der Waals surface area contributed by atoms with Crippen LogP contribution in [0.15, 0.2) is 22.7 Å². The second-order valence-corrected chi connectivity index (χ2v) is 6.47. The molecule has 0 radical (unpaired) electrons. The number of aryl methyl sites for hydroxylation is 1. The summed E-state index contributed by atoms with van der Waals surface area (Å²) < 4.78 is 15.7. The fourth-order valence-electron chi connectivity index (χ4n) is 2.20. The van der Waals surface area contributed by atoms with Gasteiger partial charge in [0, 0.05) is 25.9 Å². The normalized spacial score (nSPS) is 11.0. The summed E-state index contributed by atoms with van der Waals surface area (Å²) in [6.07, 6.45) is 1.48. The zero-order chi connectivity index (χ0) is 18.9. The van der Waals surface area contributed by atoms with Crippen molar-refractivity contribution >= 4 is 23.2 Å². The lowest BCUT2D eigenvalue weighted by Gasteiger charge is -2.13. The number of carbonyl (C=O) groups excluding carboxylic acids is 1. The van der Waals surface area contributed by atoms with Gasteiger partial charge < -0.3 is 19.3 Å². The molecule has 1 aromatic heterocycles. The van der Waals surface area contributed by atoms with Gasteiger partial charge in [-0.05, 0) is 18.6 Å². The van der Waals surface area contributed by atoms with Crippen molar-refractivity contribution in [1.82, 2.24) is 10.1 Å². The predicted molar refractivity (Wildman–Crippen MR) is 98.8 cm³/mol. The van der Waals surface area contributed by atoms with Crippen molar-refractivity contribution in [2.75, 3.05) is 25.6 Å². The highest BCUT2D eigenvalue weighted by Gasteiger charge is 2.13. The molecule has 0 fully saturated rings. The number of carbonyl (C=O) groups is 1. The third-order valence-electron chi connectivity index (χ3n) is 3.57. The Hall–Kier alpha value is -2.12. The van der Waals surface area contributed by atoms with E-state index in [9.17, 15) is 4.79 Å². The lowest BCUT2D eigenvalue weighted by atomic mass is 10.2. The number of aromatic nitrogens is 2. The maximum Gasteiger partial charge on any atom is 0.226 e. The van der Waals surface area contributed by atoms with Crippen LogP contribution in [-0.2, 0) is 16.0 Å². The van der Waals surface area contributed by atoms with Gasteiger partial charge in [0.05, 0.1) is 17.3 Å². The first-order valence-electron chi connectivity index (χ1n) is 8.53. The first kappa shape index (κ1) is 20.2. The molecule has 0 aliphatic carbocycles. The van der Waals surface area contributed by atoms with Gasteiger partial charge in [0.2, 0.25) is 11.8 Å². The van der Waals surface area contributed by atoms with Gasteiger partial charge in [-0.1, -0.05) is 36.7 Å². The van der Waals surface area contributed by atoms with E-state index in [1.165, 1.54) is 0 Å². The minimum absolute atomic E-state index is 0.132. The maximum absolute atomic E-state index is 12.2. The van der Waals surface area contributed by atoms with Gasteiger partial charge in [0.1, 0.15) is 6.61 Å². The summed E-state index contributed by atoms with van der Waals surface area (Å²) in [5.74, 6) is 1.76. The van der Waals surface area contributed by atoms with Crippen LogP contribution in [-0.4, -0.2) is 36.4 Å². The van der Waals surface area contributed by atoms with E-state index in [-0.39, 0.29) is 11.8 Å². The average molecular weight is 382 g/mol. The maximum atomic E-state index is 12.2. The van der Waals surface area contributed by atoms with Gasteiger partial charge in [0.25, 0.3) is 0 Å².